The molecule has 7 heteroatoms. The Hall–Kier alpha value is -1.53. The predicted molar refractivity (Wildman–Crippen MR) is 83.4 cm³/mol. The van der Waals surface area contributed by atoms with Gasteiger partial charge in [-0.05, 0) is 25.8 Å². The smallest absolute Gasteiger partial charge is 0.255 e. The third-order valence-corrected chi connectivity index (χ3v) is 3.55. The Bertz CT molecular complexity index is 444. The maximum atomic E-state index is 11.9. The standard InChI is InChI=1S/C14H23N3O3.ClH/c1-4-14(15,5-2)9-16-12(18)10(3)17-13(19)11-6-7-20-8-11;/h6-8,10H,4-5,9,15H2,1-3H3,(H,16,18)(H,17,19);1H. The van der Waals surface area contributed by atoms with Crippen molar-refractivity contribution in [2.75, 3.05) is 6.54 Å². The Balaban J connectivity index is 0.00000400. The van der Waals surface area contributed by atoms with Crippen molar-refractivity contribution in [1.29, 1.82) is 0 Å². The lowest BCUT2D eigenvalue weighted by Gasteiger charge is -2.27. The lowest BCUT2D eigenvalue weighted by atomic mass is 9.94. The zero-order valence-corrected chi connectivity index (χ0v) is 13.5. The molecule has 4 N–H and O–H groups in total. The van der Waals surface area contributed by atoms with Gasteiger partial charge in [-0.15, -0.1) is 12.4 Å². The first-order chi connectivity index (χ1) is 9.41. The number of hydrogen-bond acceptors (Lipinski definition) is 4. The molecular weight excluding hydrogens is 294 g/mol. The molecule has 0 saturated heterocycles. The van der Waals surface area contributed by atoms with Crippen LogP contribution in [0.2, 0.25) is 0 Å². The van der Waals surface area contributed by atoms with Crippen molar-refractivity contribution in [1.82, 2.24) is 10.6 Å². The Morgan fingerprint density at radius 2 is 2.00 bits per heavy atom. The summed E-state index contributed by atoms with van der Waals surface area (Å²) in [6.45, 7) is 5.99. The summed E-state index contributed by atoms with van der Waals surface area (Å²) in [6, 6.07) is 0.911. The van der Waals surface area contributed by atoms with E-state index >= 15 is 0 Å². The van der Waals surface area contributed by atoms with Crippen molar-refractivity contribution in [2.24, 2.45) is 5.73 Å². The highest BCUT2D eigenvalue weighted by atomic mass is 35.5. The van der Waals surface area contributed by atoms with E-state index in [1.54, 1.807) is 13.0 Å². The third-order valence-electron chi connectivity index (χ3n) is 3.55. The van der Waals surface area contributed by atoms with Crippen molar-refractivity contribution < 1.29 is 14.0 Å². The van der Waals surface area contributed by atoms with Gasteiger partial charge in [-0.25, -0.2) is 0 Å². The number of furan rings is 1. The molecule has 0 aliphatic heterocycles. The maximum Gasteiger partial charge on any atom is 0.255 e. The molecule has 0 saturated carbocycles. The minimum absolute atomic E-state index is 0. The van der Waals surface area contributed by atoms with Crippen molar-refractivity contribution in [3.63, 3.8) is 0 Å². The molecule has 1 heterocycles. The molecule has 2 amide bonds. The van der Waals surface area contributed by atoms with Gasteiger partial charge in [0.25, 0.3) is 5.91 Å². The van der Waals surface area contributed by atoms with Crippen LogP contribution in [0.3, 0.4) is 0 Å². The summed E-state index contributed by atoms with van der Waals surface area (Å²) in [5.74, 6) is -0.593. The number of nitrogens with one attached hydrogen (secondary N) is 2. The van der Waals surface area contributed by atoms with Crippen molar-refractivity contribution >= 4 is 24.2 Å². The highest BCUT2D eigenvalue weighted by Crippen LogP contribution is 2.09. The zero-order chi connectivity index (χ0) is 15.2. The van der Waals surface area contributed by atoms with Crippen LogP contribution in [-0.2, 0) is 4.79 Å². The summed E-state index contributed by atoms with van der Waals surface area (Å²) >= 11 is 0. The molecule has 0 aliphatic rings. The molecule has 6 nitrogen and oxygen atoms in total. The first-order valence-corrected chi connectivity index (χ1v) is 6.81. The van der Waals surface area contributed by atoms with E-state index in [1.807, 2.05) is 13.8 Å². The summed E-state index contributed by atoms with van der Waals surface area (Å²) < 4.78 is 4.82. The fraction of sp³-hybridized carbons (Fsp3) is 0.571. The average molecular weight is 318 g/mol. The monoisotopic (exact) mass is 317 g/mol. The molecule has 21 heavy (non-hydrogen) atoms. The first kappa shape index (κ1) is 19.5. The summed E-state index contributed by atoms with van der Waals surface area (Å²) in [5, 5.41) is 5.38. The number of carbonyl (C=O) groups excluding carboxylic acids is 2. The van der Waals surface area contributed by atoms with Crippen LogP contribution in [-0.4, -0.2) is 29.9 Å². The third kappa shape index (κ3) is 5.77. The summed E-state index contributed by atoms with van der Waals surface area (Å²) in [5.41, 5.74) is 6.10. The van der Waals surface area contributed by atoms with Gasteiger partial charge >= 0.3 is 0 Å². The normalized spacial score (nSPS) is 12.2. The van der Waals surface area contributed by atoms with Gasteiger partial charge in [-0.2, -0.15) is 0 Å². The van der Waals surface area contributed by atoms with E-state index in [2.05, 4.69) is 10.6 Å². The van der Waals surface area contributed by atoms with Crippen LogP contribution in [0, 0.1) is 0 Å². The molecule has 1 atom stereocenters. The summed E-state index contributed by atoms with van der Waals surface area (Å²) in [7, 11) is 0. The molecule has 0 radical (unpaired) electrons. The van der Waals surface area contributed by atoms with Gasteiger partial charge in [-0.3, -0.25) is 9.59 Å². The second-order valence-electron chi connectivity index (χ2n) is 4.99. The summed E-state index contributed by atoms with van der Waals surface area (Å²) in [4.78, 5) is 23.7. The topological polar surface area (TPSA) is 97.4 Å². The van der Waals surface area contributed by atoms with Crippen LogP contribution in [0.5, 0.6) is 0 Å². The molecule has 0 spiro atoms. The van der Waals surface area contributed by atoms with Gasteiger partial charge < -0.3 is 20.8 Å². The number of amides is 2. The number of hydrogen-bond donors (Lipinski definition) is 3. The van der Waals surface area contributed by atoms with Gasteiger partial charge in [-0.1, -0.05) is 13.8 Å². The molecule has 120 valence electrons. The largest absolute Gasteiger partial charge is 0.472 e. The molecule has 0 aliphatic carbocycles. The Morgan fingerprint density at radius 3 is 2.48 bits per heavy atom. The Labute approximate surface area is 131 Å². The van der Waals surface area contributed by atoms with Crippen LogP contribution in [0.1, 0.15) is 44.0 Å². The van der Waals surface area contributed by atoms with Crippen LogP contribution in [0.4, 0.5) is 0 Å². The van der Waals surface area contributed by atoms with E-state index in [9.17, 15) is 9.59 Å². The minimum Gasteiger partial charge on any atom is -0.472 e. The van der Waals surface area contributed by atoms with E-state index in [0.717, 1.165) is 12.8 Å². The Kier molecular flexibility index (Phi) is 8.06. The van der Waals surface area contributed by atoms with Gasteiger partial charge in [0.2, 0.25) is 5.91 Å². The highest BCUT2D eigenvalue weighted by molar-refractivity contribution is 5.97. The van der Waals surface area contributed by atoms with E-state index in [4.69, 9.17) is 10.2 Å². The molecule has 1 unspecified atom stereocenters. The number of nitrogens with two attached hydrogens (primary N) is 1. The fourth-order valence-corrected chi connectivity index (χ4v) is 1.66. The molecule has 1 aromatic rings. The molecule has 1 aromatic heterocycles. The first-order valence-electron chi connectivity index (χ1n) is 6.81. The molecular formula is C14H24ClN3O3. The van der Waals surface area contributed by atoms with Crippen molar-refractivity contribution in [2.45, 2.75) is 45.2 Å². The zero-order valence-electron chi connectivity index (χ0n) is 12.6. The lowest BCUT2D eigenvalue weighted by molar-refractivity contribution is -0.122. The van der Waals surface area contributed by atoms with Gasteiger partial charge in [0.1, 0.15) is 12.3 Å². The number of halogens is 1. The SMILES string of the molecule is CCC(N)(CC)CNC(=O)C(C)NC(=O)c1ccoc1.Cl. The second-order valence-corrected chi connectivity index (χ2v) is 4.99. The van der Waals surface area contributed by atoms with Crippen LogP contribution in [0.25, 0.3) is 0 Å². The number of rotatable bonds is 7. The lowest BCUT2D eigenvalue weighted by Crippen LogP contribution is -2.53. The van der Waals surface area contributed by atoms with Crippen LogP contribution in [0.15, 0.2) is 23.0 Å². The highest BCUT2D eigenvalue weighted by Gasteiger charge is 2.23. The second kappa shape index (κ2) is 8.69. The fourth-order valence-electron chi connectivity index (χ4n) is 1.66. The van der Waals surface area contributed by atoms with E-state index in [-0.39, 0.29) is 24.2 Å². The van der Waals surface area contributed by atoms with E-state index in [1.165, 1.54) is 12.5 Å². The number of carbonyl (C=O) groups is 2. The molecule has 0 bridgehead atoms. The quantitative estimate of drug-likeness (QED) is 0.709. The molecule has 1 rings (SSSR count). The van der Waals surface area contributed by atoms with Gasteiger partial charge in [0.15, 0.2) is 0 Å². The average Bonchev–Trinajstić information content (AvgIpc) is 2.98. The minimum atomic E-state index is -0.629. The summed E-state index contributed by atoms with van der Waals surface area (Å²) in [6.07, 6.45) is 4.29. The van der Waals surface area contributed by atoms with Gasteiger partial charge in [0.05, 0.1) is 11.8 Å². The van der Waals surface area contributed by atoms with Crippen LogP contribution >= 0.6 is 12.4 Å². The van der Waals surface area contributed by atoms with Gasteiger partial charge in [0, 0.05) is 12.1 Å². The van der Waals surface area contributed by atoms with E-state index < -0.39 is 11.6 Å². The van der Waals surface area contributed by atoms with Crippen molar-refractivity contribution in [3.05, 3.63) is 24.2 Å². The molecule has 0 aromatic carbocycles. The van der Waals surface area contributed by atoms with Crippen molar-refractivity contribution in [3.8, 4) is 0 Å². The maximum absolute atomic E-state index is 11.9. The predicted octanol–water partition coefficient (Wildman–Crippen LogP) is 1.45. The van der Waals surface area contributed by atoms with Crippen LogP contribution < -0.4 is 16.4 Å². The molecule has 0 fully saturated rings. The van der Waals surface area contributed by atoms with E-state index in [0.29, 0.717) is 12.1 Å². The Morgan fingerprint density at radius 1 is 1.38 bits per heavy atom.